The molecule has 1 heterocycles. The Morgan fingerprint density at radius 1 is 1.18 bits per heavy atom. The van der Waals surface area contributed by atoms with Crippen LogP contribution < -0.4 is 0 Å². The van der Waals surface area contributed by atoms with E-state index in [1.54, 1.807) is 13.0 Å². The van der Waals surface area contributed by atoms with E-state index in [-0.39, 0.29) is 18.2 Å². The van der Waals surface area contributed by atoms with Crippen molar-refractivity contribution in [2.45, 2.75) is 77.8 Å². The summed E-state index contributed by atoms with van der Waals surface area (Å²) in [5.74, 6) is -0.964. The van der Waals surface area contributed by atoms with E-state index in [4.69, 9.17) is 14.2 Å². The minimum Gasteiger partial charge on any atom is -0.463 e. The zero-order chi connectivity index (χ0) is 16.4. The van der Waals surface area contributed by atoms with Crippen molar-refractivity contribution in [3.63, 3.8) is 0 Å². The number of allylic oxidation sites excluding steroid dienone is 1. The fraction of sp³-hybridized carbons (Fsp3) is 0.722. The molecule has 0 spiro atoms. The number of hydrogen-bond donors (Lipinski definition) is 0. The number of carbonyl (C=O) groups is 1. The van der Waals surface area contributed by atoms with E-state index >= 15 is 0 Å². The van der Waals surface area contributed by atoms with Crippen LogP contribution in [0.25, 0.3) is 0 Å². The number of carbonyl (C=O) groups excluding carboxylic acids is 1. The lowest BCUT2D eigenvalue weighted by atomic mass is 10.1. The van der Waals surface area contributed by atoms with Gasteiger partial charge in [0.05, 0.1) is 12.7 Å². The minimum absolute atomic E-state index is 0.0666. The van der Waals surface area contributed by atoms with Crippen molar-refractivity contribution in [1.82, 2.24) is 0 Å². The third kappa shape index (κ3) is 7.23. The van der Waals surface area contributed by atoms with E-state index in [0.29, 0.717) is 6.61 Å². The van der Waals surface area contributed by atoms with Gasteiger partial charge in [0.15, 0.2) is 5.79 Å². The zero-order valence-electron chi connectivity index (χ0n) is 14.3. The van der Waals surface area contributed by atoms with Gasteiger partial charge >= 0.3 is 5.97 Å². The van der Waals surface area contributed by atoms with Gasteiger partial charge in [0.2, 0.25) is 0 Å². The topological polar surface area (TPSA) is 44.8 Å². The van der Waals surface area contributed by atoms with Crippen LogP contribution in [0, 0.1) is 0 Å². The summed E-state index contributed by atoms with van der Waals surface area (Å²) < 4.78 is 16.6. The number of unbranched alkanes of at least 4 members (excludes halogenated alkanes) is 3. The summed E-state index contributed by atoms with van der Waals surface area (Å²) in [5.41, 5.74) is 0. The average Bonchev–Trinajstić information content (AvgIpc) is 2.75. The summed E-state index contributed by atoms with van der Waals surface area (Å²) >= 11 is 0. The van der Waals surface area contributed by atoms with Gasteiger partial charge in [-0.2, -0.15) is 0 Å². The summed E-state index contributed by atoms with van der Waals surface area (Å²) in [5, 5.41) is 0. The molecule has 0 aliphatic carbocycles. The fourth-order valence-corrected chi connectivity index (χ4v) is 2.43. The monoisotopic (exact) mass is 310 g/mol. The quantitative estimate of drug-likeness (QED) is 0.278. The Bertz CT molecular complexity index is 385. The van der Waals surface area contributed by atoms with Crippen LogP contribution in [0.5, 0.6) is 0 Å². The van der Waals surface area contributed by atoms with Crippen molar-refractivity contribution in [2.75, 3.05) is 6.61 Å². The molecule has 1 fully saturated rings. The van der Waals surface area contributed by atoms with Gasteiger partial charge in [-0.3, -0.25) is 0 Å². The van der Waals surface area contributed by atoms with Gasteiger partial charge in [0.25, 0.3) is 0 Å². The van der Waals surface area contributed by atoms with Gasteiger partial charge in [-0.25, -0.2) is 4.79 Å². The summed E-state index contributed by atoms with van der Waals surface area (Å²) in [6.45, 7) is 8.15. The Morgan fingerprint density at radius 3 is 2.64 bits per heavy atom. The largest absolute Gasteiger partial charge is 0.463 e. The number of esters is 1. The lowest BCUT2D eigenvalue weighted by Crippen LogP contribution is -2.21. The molecule has 1 saturated heterocycles. The Morgan fingerprint density at radius 2 is 1.95 bits per heavy atom. The maximum absolute atomic E-state index is 11.4. The number of hydrogen-bond acceptors (Lipinski definition) is 4. The van der Waals surface area contributed by atoms with Crippen molar-refractivity contribution in [1.29, 1.82) is 0 Å². The fourth-order valence-electron chi connectivity index (χ4n) is 2.43. The highest BCUT2D eigenvalue weighted by molar-refractivity contribution is 5.81. The van der Waals surface area contributed by atoms with E-state index < -0.39 is 5.79 Å². The molecule has 0 aromatic carbocycles. The third-order valence-corrected chi connectivity index (χ3v) is 3.44. The molecule has 1 aliphatic heterocycles. The Hall–Kier alpha value is -1.13. The summed E-state index contributed by atoms with van der Waals surface area (Å²) in [4.78, 5) is 11.4. The van der Waals surface area contributed by atoms with Gasteiger partial charge in [-0.1, -0.05) is 31.9 Å². The molecule has 1 rings (SSSR count). The number of rotatable bonds is 9. The normalized spacial score (nSPS) is 24.4. The standard InChI is InChI=1S/C18H30O4/c1-5-7-8-9-10-11-12-15-16(22-18(3,4)21-15)13-14-17(19)20-6-2/h10-11,13-16H,5-9,12H2,1-4H3/b11-10-,14-13+/t15-,16-/m1/s1. The lowest BCUT2D eigenvalue weighted by molar-refractivity contribution is -0.143. The van der Waals surface area contributed by atoms with Crippen LogP contribution in [-0.4, -0.2) is 30.6 Å². The van der Waals surface area contributed by atoms with Gasteiger partial charge < -0.3 is 14.2 Å². The lowest BCUT2D eigenvalue weighted by Gasteiger charge is -2.16. The van der Waals surface area contributed by atoms with Gasteiger partial charge in [0, 0.05) is 6.08 Å². The van der Waals surface area contributed by atoms with Gasteiger partial charge in [-0.05, 0) is 46.1 Å². The van der Waals surface area contributed by atoms with Crippen molar-refractivity contribution in [3.05, 3.63) is 24.3 Å². The molecule has 126 valence electrons. The Labute approximate surface area is 134 Å². The SMILES string of the molecule is CCCCC/C=C\C[C@H]1OC(C)(C)O[C@@H]1/C=C/C(=O)OCC. The van der Waals surface area contributed by atoms with Crippen LogP contribution in [0.2, 0.25) is 0 Å². The minimum atomic E-state index is -0.621. The second-order valence-electron chi connectivity index (χ2n) is 5.95. The predicted molar refractivity (Wildman–Crippen MR) is 87.5 cm³/mol. The molecule has 2 atom stereocenters. The van der Waals surface area contributed by atoms with Crippen LogP contribution in [0.1, 0.15) is 59.8 Å². The van der Waals surface area contributed by atoms with Gasteiger partial charge in [-0.15, -0.1) is 0 Å². The van der Waals surface area contributed by atoms with Crippen LogP contribution in [0.15, 0.2) is 24.3 Å². The molecular formula is C18H30O4. The molecule has 22 heavy (non-hydrogen) atoms. The first kappa shape index (κ1) is 18.9. The van der Waals surface area contributed by atoms with Crippen LogP contribution in [-0.2, 0) is 19.0 Å². The molecule has 0 bridgehead atoms. The highest BCUT2D eigenvalue weighted by Crippen LogP contribution is 2.30. The van der Waals surface area contributed by atoms with Crippen molar-refractivity contribution in [3.8, 4) is 0 Å². The molecule has 0 N–H and O–H groups in total. The van der Waals surface area contributed by atoms with Gasteiger partial charge in [0.1, 0.15) is 6.10 Å². The van der Waals surface area contributed by atoms with Crippen LogP contribution in [0.4, 0.5) is 0 Å². The Kier molecular flexibility index (Phi) is 8.43. The summed E-state index contributed by atoms with van der Waals surface area (Å²) in [6, 6.07) is 0. The van der Waals surface area contributed by atoms with E-state index in [1.807, 2.05) is 13.8 Å². The second-order valence-corrected chi connectivity index (χ2v) is 5.95. The van der Waals surface area contributed by atoms with E-state index in [1.165, 1.54) is 25.3 Å². The smallest absolute Gasteiger partial charge is 0.330 e. The highest BCUT2D eigenvalue weighted by Gasteiger charge is 2.39. The maximum atomic E-state index is 11.4. The molecule has 1 aliphatic rings. The van der Waals surface area contributed by atoms with E-state index in [2.05, 4.69) is 19.1 Å². The molecule has 0 aromatic rings. The molecule has 0 unspecified atom stereocenters. The van der Waals surface area contributed by atoms with Crippen molar-refractivity contribution in [2.24, 2.45) is 0 Å². The highest BCUT2D eigenvalue weighted by atomic mass is 16.7. The molecule has 0 radical (unpaired) electrons. The Balaban J connectivity index is 2.49. The molecule has 4 heteroatoms. The van der Waals surface area contributed by atoms with Crippen LogP contribution in [0.3, 0.4) is 0 Å². The van der Waals surface area contributed by atoms with E-state index in [0.717, 1.165) is 12.8 Å². The molecule has 4 nitrogen and oxygen atoms in total. The molecular weight excluding hydrogens is 280 g/mol. The summed E-state index contributed by atoms with van der Waals surface area (Å²) in [7, 11) is 0. The average molecular weight is 310 g/mol. The van der Waals surface area contributed by atoms with Crippen molar-refractivity contribution < 1.29 is 19.0 Å². The first-order valence-electron chi connectivity index (χ1n) is 8.34. The first-order valence-corrected chi connectivity index (χ1v) is 8.34. The molecule has 0 aromatic heterocycles. The summed E-state index contributed by atoms with van der Waals surface area (Å²) in [6.07, 6.45) is 12.9. The molecule has 0 saturated carbocycles. The zero-order valence-corrected chi connectivity index (χ0v) is 14.3. The maximum Gasteiger partial charge on any atom is 0.330 e. The third-order valence-electron chi connectivity index (χ3n) is 3.44. The first-order chi connectivity index (χ1) is 10.5. The second kappa shape index (κ2) is 9.80. The number of ether oxygens (including phenoxy) is 3. The molecule has 0 amide bonds. The predicted octanol–water partition coefficient (Wildman–Crippen LogP) is 4.15. The van der Waals surface area contributed by atoms with Crippen molar-refractivity contribution >= 4 is 5.97 Å². The van der Waals surface area contributed by atoms with E-state index in [9.17, 15) is 4.79 Å². The van der Waals surface area contributed by atoms with Crippen LogP contribution >= 0.6 is 0 Å².